The quantitative estimate of drug-likeness (QED) is 0.203. The first-order valence-corrected chi connectivity index (χ1v) is 19.6. The molecule has 8 atom stereocenters. The van der Waals surface area contributed by atoms with Crippen molar-refractivity contribution in [3.05, 3.63) is 89.0 Å². The van der Waals surface area contributed by atoms with Crippen LogP contribution in [0.3, 0.4) is 0 Å². The van der Waals surface area contributed by atoms with Gasteiger partial charge in [-0.3, -0.25) is 0 Å². The van der Waals surface area contributed by atoms with Gasteiger partial charge in [0.1, 0.15) is 0 Å². The van der Waals surface area contributed by atoms with Gasteiger partial charge in [-0.15, -0.1) is 0 Å². The van der Waals surface area contributed by atoms with Crippen LogP contribution in [0.25, 0.3) is 34.2 Å². The van der Waals surface area contributed by atoms with Gasteiger partial charge >= 0.3 is 0 Å². The Morgan fingerprint density at radius 3 is 1.67 bits per heavy atom. The van der Waals surface area contributed by atoms with Crippen LogP contribution in [0.15, 0.2) is 66.7 Å². The Bertz CT molecular complexity index is 1960. The third kappa shape index (κ3) is 6.50. The number of hydrogen-bond acceptors (Lipinski definition) is 5. The smallest absolute Gasteiger partial charge is 0.164 e. The van der Waals surface area contributed by atoms with Gasteiger partial charge in [0.15, 0.2) is 17.5 Å². The van der Waals surface area contributed by atoms with E-state index in [-0.39, 0.29) is 10.8 Å². The maximum Gasteiger partial charge on any atom is 0.164 e. The van der Waals surface area contributed by atoms with Crippen molar-refractivity contribution >= 4 is 0 Å². The minimum Gasteiger partial charge on any atom is -0.208 e. The summed E-state index contributed by atoms with van der Waals surface area (Å²) in [5.74, 6) is 6.37. The average Bonchev–Trinajstić information content (AvgIpc) is 3.13. The molecule has 4 fully saturated rings. The molecule has 5 nitrogen and oxygen atoms in total. The third-order valence-corrected chi connectivity index (χ3v) is 13.3. The van der Waals surface area contributed by atoms with E-state index in [1.54, 1.807) is 18.2 Å². The molecule has 5 heteroatoms. The van der Waals surface area contributed by atoms with Crippen LogP contribution in [0.1, 0.15) is 121 Å². The van der Waals surface area contributed by atoms with Crippen molar-refractivity contribution < 1.29 is 0 Å². The lowest BCUT2D eigenvalue weighted by molar-refractivity contribution is 0.0703. The van der Waals surface area contributed by atoms with E-state index in [1.807, 2.05) is 0 Å². The summed E-state index contributed by atoms with van der Waals surface area (Å²) in [6.45, 7) is 9.69. The molecule has 0 N–H and O–H groups in total. The maximum absolute atomic E-state index is 9.79. The second kappa shape index (κ2) is 13.3. The first-order valence-electron chi connectivity index (χ1n) is 19.6. The summed E-state index contributed by atoms with van der Waals surface area (Å²) in [6.07, 6.45) is 14.3. The molecule has 4 saturated carbocycles. The molecule has 0 amide bonds. The molecule has 51 heavy (non-hydrogen) atoms. The van der Waals surface area contributed by atoms with Crippen molar-refractivity contribution in [1.82, 2.24) is 15.0 Å². The number of hydrogen-bond donors (Lipinski definition) is 0. The average molecular weight is 674 g/mol. The second-order valence-corrected chi connectivity index (χ2v) is 17.5. The Labute approximate surface area is 304 Å². The van der Waals surface area contributed by atoms with Gasteiger partial charge in [-0.1, -0.05) is 76.6 Å². The van der Waals surface area contributed by atoms with Gasteiger partial charge in [-0.25, -0.2) is 15.0 Å². The SMILES string of the molecule is CC[C@H]1C[C@H]2C[C@@H](C)CC(c3cccc(-c4nc(-c5ccc(C67CC(C[C@@H](C)C6)C[C@H](C)C7)cc5)nc(-c5cc(C#N)cc(C#N)c5)n4)c3)(C2)C1. The molecule has 4 aliphatic carbocycles. The molecule has 4 aromatic rings. The van der Waals surface area contributed by atoms with Crippen molar-refractivity contribution in [2.75, 3.05) is 0 Å². The zero-order valence-corrected chi connectivity index (χ0v) is 30.8. The van der Waals surface area contributed by atoms with Crippen LogP contribution in [-0.4, -0.2) is 15.0 Å². The second-order valence-electron chi connectivity index (χ2n) is 17.5. The first-order chi connectivity index (χ1) is 24.7. The molecule has 0 aliphatic heterocycles. The number of benzene rings is 3. The topological polar surface area (TPSA) is 86.2 Å². The number of aromatic nitrogens is 3. The van der Waals surface area contributed by atoms with Crippen LogP contribution in [0.4, 0.5) is 0 Å². The van der Waals surface area contributed by atoms with Gasteiger partial charge in [-0.2, -0.15) is 10.5 Å². The zero-order chi connectivity index (χ0) is 35.3. The molecule has 1 aromatic heterocycles. The van der Waals surface area contributed by atoms with Gasteiger partial charge in [0, 0.05) is 16.7 Å². The van der Waals surface area contributed by atoms with Crippen LogP contribution in [0.5, 0.6) is 0 Å². The molecular formula is C46H51N5. The van der Waals surface area contributed by atoms with E-state index >= 15 is 0 Å². The molecule has 8 rings (SSSR count). The Morgan fingerprint density at radius 1 is 0.569 bits per heavy atom. The van der Waals surface area contributed by atoms with Crippen molar-refractivity contribution in [2.24, 2.45) is 35.5 Å². The molecule has 4 aliphatic rings. The van der Waals surface area contributed by atoms with Crippen LogP contribution in [0, 0.1) is 58.2 Å². The van der Waals surface area contributed by atoms with Gasteiger partial charge in [-0.05, 0) is 146 Å². The number of fused-ring (bicyclic) bond motifs is 4. The molecule has 3 unspecified atom stereocenters. The number of nitriles is 2. The highest BCUT2D eigenvalue weighted by Crippen LogP contribution is 2.56. The van der Waals surface area contributed by atoms with E-state index in [0.717, 1.165) is 46.6 Å². The van der Waals surface area contributed by atoms with Crippen molar-refractivity contribution in [1.29, 1.82) is 10.5 Å². The normalized spacial score (nSPS) is 31.3. The lowest BCUT2D eigenvalue weighted by Gasteiger charge is -2.51. The zero-order valence-electron chi connectivity index (χ0n) is 30.8. The van der Waals surface area contributed by atoms with Gasteiger partial charge in [0.05, 0.1) is 23.3 Å². The van der Waals surface area contributed by atoms with Crippen LogP contribution >= 0.6 is 0 Å². The van der Waals surface area contributed by atoms with Crippen LogP contribution < -0.4 is 0 Å². The molecule has 0 radical (unpaired) electrons. The summed E-state index contributed by atoms with van der Waals surface area (Å²) in [5, 5.41) is 19.6. The van der Waals surface area contributed by atoms with Gasteiger partial charge in [0.2, 0.25) is 0 Å². The number of nitrogens with zero attached hydrogens (tertiary/aromatic N) is 5. The molecule has 1 heterocycles. The largest absolute Gasteiger partial charge is 0.208 e. The minimum atomic E-state index is 0.195. The Kier molecular flexibility index (Phi) is 8.82. The predicted octanol–water partition coefficient (Wildman–Crippen LogP) is 11.2. The minimum absolute atomic E-state index is 0.195. The lowest BCUT2D eigenvalue weighted by atomic mass is 9.54. The van der Waals surface area contributed by atoms with E-state index in [0.29, 0.717) is 34.2 Å². The fourth-order valence-electron chi connectivity index (χ4n) is 11.8. The molecule has 0 saturated heterocycles. The predicted molar refractivity (Wildman–Crippen MR) is 203 cm³/mol. The van der Waals surface area contributed by atoms with E-state index in [9.17, 15) is 10.5 Å². The Balaban J connectivity index is 1.22. The highest BCUT2D eigenvalue weighted by Gasteiger charge is 2.46. The maximum atomic E-state index is 9.79. The molecular weight excluding hydrogens is 623 g/mol. The summed E-state index contributed by atoms with van der Waals surface area (Å²) < 4.78 is 0. The first kappa shape index (κ1) is 33.8. The fourth-order valence-corrected chi connectivity index (χ4v) is 11.8. The summed E-state index contributed by atoms with van der Waals surface area (Å²) in [6, 6.07) is 27.7. The van der Waals surface area contributed by atoms with E-state index in [2.05, 4.69) is 88.4 Å². The van der Waals surface area contributed by atoms with Crippen molar-refractivity contribution in [3.63, 3.8) is 0 Å². The fraction of sp³-hybridized carbons (Fsp3) is 0.500. The molecule has 3 aromatic carbocycles. The van der Waals surface area contributed by atoms with Gasteiger partial charge in [0.25, 0.3) is 0 Å². The third-order valence-electron chi connectivity index (χ3n) is 13.3. The van der Waals surface area contributed by atoms with E-state index in [4.69, 9.17) is 15.0 Å². The standard InChI is InChI=1S/C46H51N5/c1-5-32-16-34-15-31(4)23-46(24-32,26-34)41-8-6-7-38(20-41)43-49-42(50-44(51-43)39-18-35(27-47)17-36(19-39)28-48)37-9-11-40(12-10-37)45-21-29(2)13-33(25-45)14-30(3)22-45/h6-12,17-20,29-34H,5,13-16,21-26H2,1-4H3/t29-,30+,31-,32+,33?,34-,45?,46?/m1/s1. The molecule has 260 valence electrons. The summed E-state index contributed by atoms with van der Waals surface area (Å²) in [7, 11) is 0. The van der Waals surface area contributed by atoms with Crippen LogP contribution in [0.2, 0.25) is 0 Å². The Morgan fingerprint density at radius 2 is 1.10 bits per heavy atom. The summed E-state index contributed by atoms with van der Waals surface area (Å²) in [5.41, 5.74) is 6.76. The Hall–Kier alpha value is -4.35. The van der Waals surface area contributed by atoms with Crippen molar-refractivity contribution in [3.8, 4) is 46.3 Å². The van der Waals surface area contributed by atoms with E-state index in [1.165, 1.54) is 81.8 Å². The van der Waals surface area contributed by atoms with Gasteiger partial charge < -0.3 is 0 Å². The monoisotopic (exact) mass is 673 g/mol. The lowest BCUT2D eigenvalue weighted by Crippen LogP contribution is -2.42. The van der Waals surface area contributed by atoms with Crippen LogP contribution in [-0.2, 0) is 10.8 Å². The molecule has 0 spiro atoms. The summed E-state index contributed by atoms with van der Waals surface area (Å²) >= 11 is 0. The van der Waals surface area contributed by atoms with E-state index < -0.39 is 0 Å². The molecule has 4 bridgehead atoms. The highest BCUT2D eigenvalue weighted by atomic mass is 15.0. The summed E-state index contributed by atoms with van der Waals surface area (Å²) in [4.78, 5) is 15.3. The van der Waals surface area contributed by atoms with Crippen molar-refractivity contribution in [2.45, 2.75) is 109 Å². The number of rotatable bonds is 6. The highest BCUT2D eigenvalue weighted by molar-refractivity contribution is 5.69.